The predicted molar refractivity (Wildman–Crippen MR) is 91.1 cm³/mol. The molecule has 0 radical (unpaired) electrons. The average Bonchev–Trinajstić information content (AvgIpc) is 2.87. The van der Waals surface area contributed by atoms with E-state index >= 15 is 0 Å². The first-order valence-corrected chi connectivity index (χ1v) is 8.87. The molecule has 0 unspecified atom stereocenters. The van der Waals surface area contributed by atoms with Crippen LogP contribution < -0.4 is 0 Å². The van der Waals surface area contributed by atoms with E-state index in [2.05, 4.69) is 27.4 Å². The van der Waals surface area contributed by atoms with Crippen LogP contribution in [0.25, 0.3) is 0 Å². The molecule has 0 aromatic rings. The minimum atomic E-state index is -1.06. The molecule has 0 aromatic carbocycles. The molecule has 0 bridgehead atoms. The van der Waals surface area contributed by atoms with E-state index in [1.54, 1.807) is 0 Å². The minimum Gasteiger partial charge on any atom is -0.449 e. The van der Waals surface area contributed by atoms with Crippen LogP contribution in [0.2, 0.25) is 0 Å². The summed E-state index contributed by atoms with van der Waals surface area (Å²) in [6.45, 7) is 12.3. The van der Waals surface area contributed by atoms with Crippen LogP contribution in [0.3, 0.4) is 0 Å². The van der Waals surface area contributed by atoms with Gasteiger partial charge in [-0.15, -0.1) is 0 Å². The van der Waals surface area contributed by atoms with E-state index in [0.717, 1.165) is 18.4 Å². The van der Waals surface area contributed by atoms with E-state index in [9.17, 15) is 14.7 Å². The van der Waals surface area contributed by atoms with Gasteiger partial charge < -0.3 is 9.84 Å². The molecule has 1 N–H and O–H groups in total. The molecule has 3 aliphatic rings. The van der Waals surface area contributed by atoms with Crippen molar-refractivity contribution in [2.45, 2.75) is 59.0 Å². The molecular weight excluding hydrogens is 304 g/mol. The van der Waals surface area contributed by atoms with Crippen molar-refractivity contribution in [3.63, 3.8) is 0 Å². The Hall–Kier alpha value is -1.42. The predicted octanol–water partition coefficient (Wildman–Crippen LogP) is 3.20. The maximum Gasteiger partial charge on any atom is 0.307 e. The van der Waals surface area contributed by atoms with Crippen LogP contribution >= 0.6 is 0 Å². The molecule has 4 atom stereocenters. The highest BCUT2D eigenvalue weighted by Crippen LogP contribution is 2.61. The summed E-state index contributed by atoms with van der Waals surface area (Å²) >= 11 is 0. The van der Waals surface area contributed by atoms with Crippen molar-refractivity contribution in [2.75, 3.05) is 6.61 Å². The molecule has 1 saturated carbocycles. The number of aliphatic hydroxyl groups is 1. The van der Waals surface area contributed by atoms with E-state index in [4.69, 9.17) is 4.74 Å². The van der Waals surface area contributed by atoms with Crippen molar-refractivity contribution in [2.24, 2.45) is 22.7 Å². The summed E-state index contributed by atoms with van der Waals surface area (Å²) in [5.41, 5.74) is -0.490. The van der Waals surface area contributed by atoms with Gasteiger partial charge in [-0.25, -0.2) is 0 Å². The van der Waals surface area contributed by atoms with Crippen molar-refractivity contribution >= 4 is 11.8 Å². The van der Waals surface area contributed by atoms with Gasteiger partial charge in [-0.3, -0.25) is 9.59 Å². The Labute approximate surface area is 144 Å². The number of aliphatic hydroxyl groups excluding tert-OH is 1. The van der Waals surface area contributed by atoms with Gasteiger partial charge in [-0.2, -0.15) is 0 Å². The Bertz CT molecular complexity index is 646. The summed E-state index contributed by atoms with van der Waals surface area (Å²) in [5.74, 6) is 0.580. The normalized spacial score (nSPS) is 41.6. The molecule has 0 amide bonds. The third kappa shape index (κ3) is 2.08. The molecule has 132 valence electrons. The summed E-state index contributed by atoms with van der Waals surface area (Å²) in [6.07, 6.45) is 4.32. The molecule has 1 saturated heterocycles. The standard InChI is InChI=1S/C20H28O4/c1-12(2)14-8-16(22)15-9-20(13(3)11-21)18(4,10-17(23)24-20)6-7-19(14,15)5/h9,12,14,21H,3,6-8,10-11H2,1-2,4-5H3/t14-,18-,19-,20+/m1/s1. The fourth-order valence-electron chi connectivity index (χ4n) is 5.31. The highest BCUT2D eigenvalue weighted by molar-refractivity contribution is 6.00. The maximum atomic E-state index is 12.8. The van der Waals surface area contributed by atoms with Crippen molar-refractivity contribution in [3.8, 4) is 0 Å². The van der Waals surface area contributed by atoms with Gasteiger partial charge in [0.15, 0.2) is 11.4 Å². The van der Waals surface area contributed by atoms with Crippen LogP contribution in [0.5, 0.6) is 0 Å². The Balaban J connectivity index is 2.21. The molecule has 3 rings (SSSR count). The second kappa shape index (κ2) is 5.29. The van der Waals surface area contributed by atoms with Gasteiger partial charge in [0, 0.05) is 17.4 Å². The van der Waals surface area contributed by atoms with Crippen molar-refractivity contribution in [1.29, 1.82) is 0 Å². The summed E-state index contributed by atoms with van der Waals surface area (Å²) in [5, 5.41) is 9.73. The zero-order valence-corrected chi connectivity index (χ0v) is 15.1. The van der Waals surface area contributed by atoms with E-state index < -0.39 is 11.0 Å². The topological polar surface area (TPSA) is 63.6 Å². The van der Waals surface area contributed by atoms with E-state index in [1.165, 1.54) is 0 Å². The lowest BCUT2D eigenvalue weighted by atomic mass is 9.65. The fraction of sp³-hybridized carbons (Fsp3) is 0.700. The number of hydrogen-bond acceptors (Lipinski definition) is 4. The lowest BCUT2D eigenvalue weighted by molar-refractivity contribution is -0.144. The average molecular weight is 332 g/mol. The van der Waals surface area contributed by atoms with Crippen LogP contribution in [-0.4, -0.2) is 29.1 Å². The van der Waals surface area contributed by atoms with Crippen molar-refractivity contribution < 1.29 is 19.4 Å². The van der Waals surface area contributed by atoms with Crippen LogP contribution in [0, 0.1) is 22.7 Å². The van der Waals surface area contributed by atoms with Crippen molar-refractivity contribution in [3.05, 3.63) is 23.8 Å². The molecule has 0 spiro atoms. The number of ether oxygens (including phenoxy) is 1. The van der Waals surface area contributed by atoms with E-state index in [0.29, 0.717) is 30.3 Å². The SMILES string of the molecule is C=C(CO)[C@@]12C=C3C(=O)C[C@H](C(C)C)[C@@]3(C)CC[C@]1(C)CC(=O)O2. The fourth-order valence-corrected chi connectivity index (χ4v) is 5.31. The van der Waals surface area contributed by atoms with Crippen LogP contribution in [0.15, 0.2) is 23.8 Å². The molecule has 4 heteroatoms. The third-order valence-corrected chi connectivity index (χ3v) is 6.91. The molecule has 1 heterocycles. The number of Topliss-reactive ketones (excluding diaryl/α,β-unsaturated/α-hetero) is 1. The number of rotatable bonds is 3. The second-order valence-corrected chi connectivity index (χ2v) is 8.66. The number of fused-ring (bicyclic) bond motifs is 2. The molecular formula is C20H28O4. The highest BCUT2D eigenvalue weighted by Gasteiger charge is 2.62. The molecule has 24 heavy (non-hydrogen) atoms. The van der Waals surface area contributed by atoms with Gasteiger partial charge in [0.2, 0.25) is 0 Å². The first kappa shape index (κ1) is 17.4. The lowest BCUT2D eigenvalue weighted by Gasteiger charge is -2.39. The summed E-state index contributed by atoms with van der Waals surface area (Å²) in [6, 6.07) is 0. The highest BCUT2D eigenvalue weighted by atomic mass is 16.6. The quantitative estimate of drug-likeness (QED) is 0.637. The summed E-state index contributed by atoms with van der Waals surface area (Å²) in [7, 11) is 0. The number of allylic oxidation sites excluding steroid dienone is 1. The zero-order valence-electron chi connectivity index (χ0n) is 15.1. The minimum absolute atomic E-state index is 0.147. The maximum absolute atomic E-state index is 12.8. The van der Waals surface area contributed by atoms with Gasteiger partial charge in [0.1, 0.15) is 0 Å². The van der Waals surface area contributed by atoms with Gasteiger partial charge in [0.05, 0.1) is 13.0 Å². The molecule has 0 aromatic heterocycles. The van der Waals surface area contributed by atoms with Gasteiger partial charge in [-0.05, 0) is 41.7 Å². The second-order valence-electron chi connectivity index (χ2n) is 8.66. The van der Waals surface area contributed by atoms with E-state index in [-0.39, 0.29) is 23.8 Å². The van der Waals surface area contributed by atoms with Gasteiger partial charge in [-0.1, -0.05) is 34.3 Å². The molecule has 1 aliphatic heterocycles. The molecule has 2 fully saturated rings. The third-order valence-electron chi connectivity index (χ3n) is 6.91. The first-order valence-electron chi connectivity index (χ1n) is 8.87. The summed E-state index contributed by atoms with van der Waals surface area (Å²) < 4.78 is 5.76. The number of ketones is 1. The van der Waals surface area contributed by atoms with Crippen LogP contribution in [0.1, 0.15) is 53.4 Å². The molecule has 4 nitrogen and oxygen atoms in total. The number of esters is 1. The first-order chi connectivity index (χ1) is 11.1. The number of hydrogen-bond donors (Lipinski definition) is 1. The largest absolute Gasteiger partial charge is 0.449 e. The van der Waals surface area contributed by atoms with Crippen LogP contribution in [0.4, 0.5) is 0 Å². The van der Waals surface area contributed by atoms with Crippen LogP contribution in [-0.2, 0) is 14.3 Å². The number of carbonyl (C=O) groups is 2. The van der Waals surface area contributed by atoms with Gasteiger partial charge in [0.25, 0.3) is 0 Å². The Morgan fingerprint density at radius 3 is 2.62 bits per heavy atom. The monoisotopic (exact) mass is 332 g/mol. The van der Waals surface area contributed by atoms with Gasteiger partial charge >= 0.3 is 5.97 Å². The summed E-state index contributed by atoms with van der Waals surface area (Å²) in [4.78, 5) is 24.9. The zero-order chi connectivity index (χ0) is 17.9. The number of carbonyl (C=O) groups excluding carboxylic acids is 2. The Morgan fingerprint density at radius 2 is 2.04 bits per heavy atom. The van der Waals surface area contributed by atoms with Crippen molar-refractivity contribution in [1.82, 2.24) is 0 Å². The Kier molecular flexibility index (Phi) is 3.83. The molecule has 2 aliphatic carbocycles. The Morgan fingerprint density at radius 1 is 1.38 bits per heavy atom. The lowest BCUT2D eigenvalue weighted by Crippen LogP contribution is -2.44. The van der Waals surface area contributed by atoms with E-state index in [1.807, 2.05) is 13.0 Å². The smallest absolute Gasteiger partial charge is 0.307 e.